The molecule has 5 nitrogen and oxygen atoms in total. The number of carboxylic acids is 1. The third-order valence-corrected chi connectivity index (χ3v) is 3.52. The zero-order valence-corrected chi connectivity index (χ0v) is 11.9. The fraction of sp³-hybridized carbons (Fsp3) is 0.286. The first-order chi connectivity index (χ1) is 9.69. The standard InChI is InChI=1S/C14H15NO4S/c1-18-7-6-10-2-4-12(5-3-10)19-8-11-9-20-13(15-11)14(16)17/h2-5,9H,6-8H2,1H3,(H,16,17). The van der Waals surface area contributed by atoms with E-state index in [4.69, 9.17) is 14.6 Å². The van der Waals surface area contributed by atoms with Crippen molar-refractivity contribution in [1.29, 1.82) is 0 Å². The molecule has 106 valence electrons. The van der Waals surface area contributed by atoms with Crippen LogP contribution in [0, 0.1) is 0 Å². The van der Waals surface area contributed by atoms with Gasteiger partial charge in [0.05, 0.1) is 12.3 Å². The van der Waals surface area contributed by atoms with Crippen molar-refractivity contribution in [2.24, 2.45) is 0 Å². The quantitative estimate of drug-likeness (QED) is 0.850. The second kappa shape index (κ2) is 7.02. The van der Waals surface area contributed by atoms with Gasteiger partial charge in [-0.05, 0) is 24.1 Å². The maximum Gasteiger partial charge on any atom is 0.365 e. The van der Waals surface area contributed by atoms with Crippen LogP contribution in [0.2, 0.25) is 0 Å². The minimum atomic E-state index is -1.01. The van der Waals surface area contributed by atoms with Gasteiger partial charge in [0, 0.05) is 12.5 Å². The molecule has 2 rings (SSSR count). The van der Waals surface area contributed by atoms with Crippen molar-refractivity contribution in [2.45, 2.75) is 13.0 Å². The largest absolute Gasteiger partial charge is 0.487 e. The van der Waals surface area contributed by atoms with Gasteiger partial charge in [0.15, 0.2) is 0 Å². The lowest BCUT2D eigenvalue weighted by atomic mass is 10.1. The molecule has 1 N–H and O–H groups in total. The fourth-order valence-corrected chi connectivity index (χ4v) is 2.24. The Morgan fingerprint density at radius 2 is 2.10 bits per heavy atom. The third kappa shape index (κ3) is 4.04. The Balaban J connectivity index is 1.88. The maximum absolute atomic E-state index is 10.7. The molecule has 0 saturated heterocycles. The normalized spacial score (nSPS) is 10.4. The molecule has 20 heavy (non-hydrogen) atoms. The Morgan fingerprint density at radius 3 is 2.70 bits per heavy atom. The third-order valence-electron chi connectivity index (χ3n) is 2.64. The number of hydrogen-bond acceptors (Lipinski definition) is 5. The molecular formula is C14H15NO4S. The summed E-state index contributed by atoms with van der Waals surface area (Å²) >= 11 is 1.10. The molecule has 1 aromatic heterocycles. The molecule has 0 unspecified atom stereocenters. The summed E-state index contributed by atoms with van der Waals surface area (Å²) in [6, 6.07) is 7.74. The maximum atomic E-state index is 10.7. The zero-order chi connectivity index (χ0) is 14.4. The van der Waals surface area contributed by atoms with Gasteiger partial charge in [0.25, 0.3) is 0 Å². The number of aromatic nitrogens is 1. The van der Waals surface area contributed by atoms with E-state index in [0.717, 1.165) is 23.5 Å². The van der Waals surface area contributed by atoms with Crippen LogP contribution in [-0.2, 0) is 17.8 Å². The number of rotatable bonds is 7. The number of carboxylic acid groups (broad SMARTS) is 1. The van der Waals surface area contributed by atoms with Crippen LogP contribution in [0.15, 0.2) is 29.6 Å². The van der Waals surface area contributed by atoms with Crippen molar-refractivity contribution in [3.05, 3.63) is 45.9 Å². The molecule has 2 aromatic rings. The van der Waals surface area contributed by atoms with E-state index in [9.17, 15) is 4.79 Å². The number of ether oxygens (including phenoxy) is 2. The second-order valence-electron chi connectivity index (χ2n) is 4.12. The number of thiazole rings is 1. The number of benzene rings is 1. The molecule has 1 aromatic carbocycles. The minimum Gasteiger partial charge on any atom is -0.487 e. The van der Waals surface area contributed by atoms with Crippen molar-refractivity contribution in [2.75, 3.05) is 13.7 Å². The van der Waals surface area contributed by atoms with Crippen LogP contribution in [0.4, 0.5) is 0 Å². The molecular weight excluding hydrogens is 278 g/mol. The van der Waals surface area contributed by atoms with E-state index in [1.54, 1.807) is 12.5 Å². The van der Waals surface area contributed by atoms with Crippen LogP contribution in [0.1, 0.15) is 21.1 Å². The Hall–Kier alpha value is -1.92. The molecule has 0 aliphatic carbocycles. The summed E-state index contributed by atoms with van der Waals surface area (Å²) in [5, 5.41) is 10.6. The van der Waals surface area contributed by atoms with Crippen molar-refractivity contribution in [3.8, 4) is 5.75 Å². The van der Waals surface area contributed by atoms with Crippen LogP contribution in [0.25, 0.3) is 0 Å². The first kappa shape index (κ1) is 14.5. The van der Waals surface area contributed by atoms with E-state index in [1.165, 1.54) is 5.56 Å². The van der Waals surface area contributed by atoms with Crippen molar-refractivity contribution in [1.82, 2.24) is 4.98 Å². The summed E-state index contributed by atoms with van der Waals surface area (Å²) in [7, 11) is 1.68. The Bertz CT molecular complexity index is 565. The van der Waals surface area contributed by atoms with E-state index >= 15 is 0 Å². The first-order valence-corrected chi connectivity index (χ1v) is 6.95. The number of nitrogens with zero attached hydrogens (tertiary/aromatic N) is 1. The number of hydrogen-bond donors (Lipinski definition) is 1. The highest BCUT2D eigenvalue weighted by atomic mass is 32.1. The molecule has 0 fully saturated rings. The van der Waals surface area contributed by atoms with Gasteiger partial charge < -0.3 is 14.6 Å². The van der Waals surface area contributed by atoms with Crippen molar-refractivity contribution in [3.63, 3.8) is 0 Å². The van der Waals surface area contributed by atoms with Gasteiger partial charge in [-0.25, -0.2) is 9.78 Å². The number of methoxy groups -OCH3 is 1. The van der Waals surface area contributed by atoms with E-state index in [2.05, 4.69) is 4.98 Å². The number of aromatic carboxylic acids is 1. The Labute approximate surface area is 120 Å². The first-order valence-electron chi connectivity index (χ1n) is 6.07. The lowest BCUT2D eigenvalue weighted by molar-refractivity contribution is 0.0696. The van der Waals surface area contributed by atoms with E-state index < -0.39 is 5.97 Å². The minimum absolute atomic E-state index is 0.0820. The topological polar surface area (TPSA) is 68.7 Å². The highest BCUT2D eigenvalue weighted by Crippen LogP contribution is 2.16. The highest BCUT2D eigenvalue weighted by Gasteiger charge is 2.09. The monoisotopic (exact) mass is 293 g/mol. The van der Waals surface area contributed by atoms with Gasteiger partial charge in [-0.2, -0.15) is 0 Å². The van der Waals surface area contributed by atoms with Crippen molar-refractivity contribution >= 4 is 17.3 Å². The predicted molar refractivity (Wildman–Crippen MR) is 75.4 cm³/mol. The summed E-state index contributed by atoms with van der Waals surface area (Å²) in [6.07, 6.45) is 0.866. The zero-order valence-electron chi connectivity index (χ0n) is 11.0. The van der Waals surface area contributed by atoms with Gasteiger partial charge in [-0.3, -0.25) is 0 Å². The molecule has 0 radical (unpaired) electrons. The van der Waals surface area contributed by atoms with Gasteiger partial charge >= 0.3 is 5.97 Å². The molecule has 1 heterocycles. The Kier molecular flexibility index (Phi) is 5.09. The second-order valence-corrected chi connectivity index (χ2v) is 4.98. The summed E-state index contributed by atoms with van der Waals surface area (Å²) in [4.78, 5) is 14.7. The van der Waals surface area contributed by atoms with Gasteiger partial charge in [-0.1, -0.05) is 12.1 Å². The average molecular weight is 293 g/mol. The summed E-state index contributed by atoms with van der Waals surface area (Å²) in [5.41, 5.74) is 1.80. The molecule has 0 atom stereocenters. The van der Waals surface area contributed by atoms with Crippen LogP contribution >= 0.6 is 11.3 Å². The van der Waals surface area contributed by atoms with Crippen molar-refractivity contribution < 1.29 is 19.4 Å². The summed E-state index contributed by atoms with van der Waals surface area (Å²) in [5.74, 6) is -0.278. The SMILES string of the molecule is COCCc1ccc(OCc2csc(C(=O)O)n2)cc1. The molecule has 0 saturated carbocycles. The van der Waals surface area contributed by atoms with Gasteiger partial charge in [0.2, 0.25) is 5.01 Å². The van der Waals surface area contributed by atoms with Crippen LogP contribution in [0.5, 0.6) is 5.75 Å². The molecule has 0 aliphatic heterocycles. The summed E-state index contributed by atoms with van der Waals surface area (Å²) in [6.45, 7) is 0.957. The smallest absolute Gasteiger partial charge is 0.365 e. The lowest BCUT2D eigenvalue weighted by Crippen LogP contribution is -1.99. The summed E-state index contributed by atoms with van der Waals surface area (Å²) < 4.78 is 10.6. The van der Waals surface area contributed by atoms with Crippen LogP contribution in [0.3, 0.4) is 0 Å². The molecule has 0 bridgehead atoms. The fourth-order valence-electron chi connectivity index (χ4n) is 1.60. The number of carbonyl (C=O) groups is 1. The predicted octanol–water partition coefficient (Wildman–Crippen LogP) is 2.61. The van der Waals surface area contributed by atoms with E-state index in [0.29, 0.717) is 12.3 Å². The molecule has 0 spiro atoms. The van der Waals surface area contributed by atoms with Gasteiger partial charge in [-0.15, -0.1) is 11.3 Å². The Morgan fingerprint density at radius 1 is 1.35 bits per heavy atom. The van der Waals surface area contributed by atoms with Crippen LogP contribution in [-0.4, -0.2) is 29.8 Å². The molecule has 0 amide bonds. The average Bonchev–Trinajstić information content (AvgIpc) is 2.93. The van der Waals surface area contributed by atoms with Crippen LogP contribution < -0.4 is 4.74 Å². The highest BCUT2D eigenvalue weighted by molar-refractivity contribution is 7.11. The van der Waals surface area contributed by atoms with Gasteiger partial charge in [0.1, 0.15) is 12.4 Å². The lowest BCUT2D eigenvalue weighted by Gasteiger charge is -2.05. The molecule has 6 heteroatoms. The van der Waals surface area contributed by atoms with E-state index in [-0.39, 0.29) is 11.6 Å². The molecule has 0 aliphatic rings. The van der Waals surface area contributed by atoms with E-state index in [1.807, 2.05) is 24.3 Å².